The average Bonchev–Trinajstić information content (AvgIpc) is 2.42. The molecular weight excluding hydrogens is 287 g/mol. The highest BCUT2D eigenvalue weighted by Gasteiger charge is 2.30. The Labute approximate surface area is 120 Å². The summed E-state index contributed by atoms with van der Waals surface area (Å²) in [5.74, 6) is -1.45. The zero-order valence-electron chi connectivity index (χ0n) is 11.8. The van der Waals surface area contributed by atoms with Crippen LogP contribution in [-0.2, 0) is 15.7 Å². The Bertz CT molecular complexity index is 509. The standard InChI is InChI=1S/C14H16F3NO3/c1-8(2)11(13(20)21-3)18-12(19)9-4-6-10(7-5-9)14(15,16)17/h4-8,11H,1-3H3,(H,18,19). The van der Waals surface area contributed by atoms with Crippen molar-refractivity contribution in [2.75, 3.05) is 7.11 Å². The zero-order chi connectivity index (χ0) is 16.2. The Morgan fingerprint density at radius 3 is 2.05 bits per heavy atom. The third-order valence-corrected chi connectivity index (χ3v) is 2.88. The molecule has 0 spiro atoms. The van der Waals surface area contributed by atoms with Crippen molar-refractivity contribution < 1.29 is 27.5 Å². The van der Waals surface area contributed by atoms with Crippen LogP contribution in [0.5, 0.6) is 0 Å². The zero-order valence-corrected chi connectivity index (χ0v) is 11.8. The van der Waals surface area contributed by atoms with Gasteiger partial charge in [0.25, 0.3) is 5.91 Å². The van der Waals surface area contributed by atoms with Crippen LogP contribution in [-0.4, -0.2) is 25.0 Å². The SMILES string of the molecule is COC(=O)C(NC(=O)c1ccc(C(F)(F)F)cc1)C(C)C. The fraction of sp³-hybridized carbons (Fsp3) is 0.429. The van der Waals surface area contributed by atoms with Crippen LogP contribution < -0.4 is 5.32 Å². The summed E-state index contributed by atoms with van der Waals surface area (Å²) in [5, 5.41) is 2.45. The number of hydrogen-bond donors (Lipinski definition) is 1. The molecule has 1 rings (SSSR count). The van der Waals surface area contributed by atoms with E-state index in [0.717, 1.165) is 24.3 Å². The van der Waals surface area contributed by atoms with Gasteiger partial charge in [-0.05, 0) is 30.2 Å². The number of nitrogens with one attached hydrogen (secondary N) is 1. The first kappa shape index (κ1) is 17.0. The molecule has 0 fully saturated rings. The Kier molecular flexibility index (Phi) is 5.34. The molecule has 0 radical (unpaired) electrons. The molecule has 1 N–H and O–H groups in total. The van der Waals surface area contributed by atoms with Crippen LogP contribution in [0.4, 0.5) is 13.2 Å². The van der Waals surface area contributed by atoms with Gasteiger partial charge in [-0.1, -0.05) is 13.8 Å². The number of alkyl halides is 3. The molecule has 0 saturated carbocycles. The smallest absolute Gasteiger partial charge is 0.416 e. The first-order valence-corrected chi connectivity index (χ1v) is 6.22. The van der Waals surface area contributed by atoms with E-state index in [1.54, 1.807) is 13.8 Å². The van der Waals surface area contributed by atoms with Gasteiger partial charge in [0.15, 0.2) is 0 Å². The van der Waals surface area contributed by atoms with Gasteiger partial charge in [-0.3, -0.25) is 4.79 Å². The van der Waals surface area contributed by atoms with Gasteiger partial charge in [0.05, 0.1) is 12.7 Å². The minimum absolute atomic E-state index is 0.0394. The molecular formula is C14H16F3NO3. The summed E-state index contributed by atoms with van der Waals surface area (Å²) in [5.41, 5.74) is -0.801. The number of halogens is 3. The van der Waals surface area contributed by atoms with Crippen molar-refractivity contribution >= 4 is 11.9 Å². The van der Waals surface area contributed by atoms with Crippen molar-refractivity contribution in [2.24, 2.45) is 5.92 Å². The van der Waals surface area contributed by atoms with Gasteiger partial charge in [-0.2, -0.15) is 13.2 Å². The molecule has 7 heteroatoms. The van der Waals surface area contributed by atoms with E-state index in [1.807, 2.05) is 0 Å². The Morgan fingerprint density at radius 2 is 1.67 bits per heavy atom. The largest absolute Gasteiger partial charge is 0.467 e. The highest BCUT2D eigenvalue weighted by atomic mass is 19.4. The summed E-state index contributed by atoms with van der Waals surface area (Å²) in [4.78, 5) is 23.5. The Balaban J connectivity index is 2.86. The number of amides is 1. The van der Waals surface area contributed by atoms with Crippen LogP contribution >= 0.6 is 0 Å². The van der Waals surface area contributed by atoms with E-state index in [1.165, 1.54) is 7.11 Å². The molecule has 1 aromatic rings. The van der Waals surface area contributed by atoms with Crippen molar-refractivity contribution in [2.45, 2.75) is 26.1 Å². The van der Waals surface area contributed by atoms with Crippen molar-refractivity contribution in [1.82, 2.24) is 5.32 Å². The van der Waals surface area contributed by atoms with Gasteiger partial charge in [0, 0.05) is 5.56 Å². The van der Waals surface area contributed by atoms with Crippen LogP contribution in [0.15, 0.2) is 24.3 Å². The third-order valence-electron chi connectivity index (χ3n) is 2.88. The molecule has 0 aliphatic carbocycles. The Morgan fingerprint density at radius 1 is 1.14 bits per heavy atom. The van der Waals surface area contributed by atoms with Gasteiger partial charge in [-0.15, -0.1) is 0 Å². The van der Waals surface area contributed by atoms with Gasteiger partial charge >= 0.3 is 12.1 Å². The minimum atomic E-state index is -4.46. The normalized spacial score (nSPS) is 12.9. The van der Waals surface area contributed by atoms with E-state index in [9.17, 15) is 22.8 Å². The summed E-state index contributed by atoms with van der Waals surface area (Å²) >= 11 is 0. The second-order valence-electron chi connectivity index (χ2n) is 4.79. The van der Waals surface area contributed by atoms with Gasteiger partial charge in [-0.25, -0.2) is 4.79 Å². The molecule has 116 valence electrons. The fourth-order valence-corrected chi connectivity index (χ4v) is 1.66. The molecule has 0 saturated heterocycles. The molecule has 0 bridgehead atoms. The maximum atomic E-state index is 12.4. The number of benzene rings is 1. The van der Waals surface area contributed by atoms with Crippen molar-refractivity contribution in [1.29, 1.82) is 0 Å². The minimum Gasteiger partial charge on any atom is -0.467 e. The van der Waals surface area contributed by atoms with Crippen LogP contribution in [0.2, 0.25) is 0 Å². The van der Waals surface area contributed by atoms with Crippen LogP contribution in [0.1, 0.15) is 29.8 Å². The molecule has 21 heavy (non-hydrogen) atoms. The molecule has 1 atom stereocenters. The lowest BCUT2D eigenvalue weighted by Gasteiger charge is -2.19. The highest BCUT2D eigenvalue weighted by Crippen LogP contribution is 2.29. The Hall–Kier alpha value is -2.05. The van der Waals surface area contributed by atoms with Crippen molar-refractivity contribution in [3.05, 3.63) is 35.4 Å². The van der Waals surface area contributed by atoms with E-state index >= 15 is 0 Å². The molecule has 1 amide bonds. The third kappa shape index (κ3) is 4.47. The van der Waals surface area contributed by atoms with Crippen LogP contribution in [0, 0.1) is 5.92 Å². The summed E-state index contributed by atoms with van der Waals surface area (Å²) in [6, 6.07) is 2.90. The highest BCUT2D eigenvalue weighted by molar-refractivity contribution is 5.96. The summed E-state index contributed by atoms with van der Waals surface area (Å²) in [6.07, 6.45) is -4.46. The number of esters is 1. The predicted octanol–water partition coefficient (Wildman–Crippen LogP) is 2.63. The van der Waals surface area contributed by atoms with Crippen molar-refractivity contribution in [3.8, 4) is 0 Å². The molecule has 1 unspecified atom stereocenters. The lowest BCUT2D eigenvalue weighted by molar-refractivity contribution is -0.144. The van der Waals surface area contributed by atoms with Gasteiger partial charge < -0.3 is 10.1 Å². The van der Waals surface area contributed by atoms with E-state index < -0.39 is 29.7 Å². The summed E-state index contributed by atoms with van der Waals surface area (Å²) < 4.78 is 41.9. The molecule has 0 aromatic heterocycles. The molecule has 1 aromatic carbocycles. The maximum Gasteiger partial charge on any atom is 0.416 e. The lowest BCUT2D eigenvalue weighted by atomic mass is 10.0. The monoisotopic (exact) mass is 303 g/mol. The number of ether oxygens (including phenoxy) is 1. The molecule has 0 aliphatic rings. The van der Waals surface area contributed by atoms with E-state index in [4.69, 9.17) is 0 Å². The molecule has 0 heterocycles. The summed E-state index contributed by atoms with van der Waals surface area (Å²) in [7, 11) is 1.20. The number of hydrogen-bond acceptors (Lipinski definition) is 3. The quantitative estimate of drug-likeness (QED) is 0.870. The number of rotatable bonds is 4. The molecule has 0 aliphatic heterocycles. The molecule has 4 nitrogen and oxygen atoms in total. The first-order chi connectivity index (χ1) is 9.66. The van der Waals surface area contributed by atoms with E-state index in [2.05, 4.69) is 10.1 Å². The number of carbonyl (C=O) groups excluding carboxylic acids is 2. The van der Waals surface area contributed by atoms with Crippen molar-refractivity contribution in [3.63, 3.8) is 0 Å². The fourth-order valence-electron chi connectivity index (χ4n) is 1.66. The maximum absolute atomic E-state index is 12.4. The van der Waals surface area contributed by atoms with Gasteiger partial charge in [0.1, 0.15) is 6.04 Å². The van der Waals surface area contributed by atoms with E-state index in [0.29, 0.717) is 0 Å². The van der Waals surface area contributed by atoms with Crippen LogP contribution in [0.25, 0.3) is 0 Å². The summed E-state index contributed by atoms with van der Waals surface area (Å²) in [6.45, 7) is 3.43. The topological polar surface area (TPSA) is 55.4 Å². The first-order valence-electron chi connectivity index (χ1n) is 6.22. The lowest BCUT2D eigenvalue weighted by Crippen LogP contribution is -2.45. The van der Waals surface area contributed by atoms with E-state index in [-0.39, 0.29) is 11.5 Å². The van der Waals surface area contributed by atoms with Crippen LogP contribution in [0.3, 0.4) is 0 Å². The number of methoxy groups -OCH3 is 1. The second kappa shape index (κ2) is 6.60. The van der Waals surface area contributed by atoms with Gasteiger partial charge in [0.2, 0.25) is 0 Å². The average molecular weight is 303 g/mol. The second-order valence-corrected chi connectivity index (χ2v) is 4.79. The predicted molar refractivity (Wildman–Crippen MR) is 69.6 cm³/mol. The number of carbonyl (C=O) groups is 2.